The number of anilines is 1. The van der Waals surface area contributed by atoms with Gasteiger partial charge in [0.1, 0.15) is 28.6 Å². The summed E-state index contributed by atoms with van der Waals surface area (Å²) in [6.45, 7) is 0. The minimum Gasteiger partial charge on any atom is -0.505 e. The fourth-order valence-corrected chi connectivity index (χ4v) is 2.54. The molecule has 7 heteroatoms. The molecule has 1 aromatic heterocycles. The van der Waals surface area contributed by atoms with Gasteiger partial charge >= 0.3 is 0 Å². The molecular weight excluding hydrogens is 324 g/mol. The number of oxazole rings is 1. The monoisotopic (exact) mass is 342 g/mol. The molecule has 0 radical (unpaired) electrons. The zero-order valence-corrected chi connectivity index (χ0v) is 14.1. The van der Waals surface area contributed by atoms with Crippen molar-refractivity contribution in [1.29, 1.82) is 0 Å². The number of nitrogens with zero attached hydrogens (tertiary/aromatic N) is 1. The summed E-state index contributed by atoms with van der Waals surface area (Å²) in [7, 11) is 4.61. The number of nitrogen functional groups attached to an aromatic ring is 1. The summed E-state index contributed by atoms with van der Waals surface area (Å²) >= 11 is 0. The molecule has 3 rings (SSSR count). The molecule has 25 heavy (non-hydrogen) atoms. The highest BCUT2D eigenvalue weighted by Gasteiger charge is 2.20. The predicted molar refractivity (Wildman–Crippen MR) is 93.1 cm³/mol. The smallest absolute Gasteiger partial charge is 0.182 e. The van der Waals surface area contributed by atoms with Crippen molar-refractivity contribution in [2.75, 3.05) is 27.1 Å². The molecule has 0 aliphatic carbocycles. The lowest BCUT2D eigenvalue weighted by atomic mass is 10.0. The van der Waals surface area contributed by atoms with Crippen LogP contribution in [0.15, 0.2) is 41.1 Å². The van der Waals surface area contributed by atoms with E-state index in [-0.39, 0.29) is 11.4 Å². The summed E-state index contributed by atoms with van der Waals surface area (Å²) in [5.41, 5.74) is 7.68. The molecule has 0 saturated carbocycles. The fourth-order valence-electron chi connectivity index (χ4n) is 2.54. The van der Waals surface area contributed by atoms with Crippen molar-refractivity contribution in [3.8, 4) is 45.6 Å². The van der Waals surface area contributed by atoms with E-state index in [4.69, 9.17) is 24.4 Å². The van der Waals surface area contributed by atoms with E-state index in [2.05, 4.69) is 4.98 Å². The summed E-state index contributed by atoms with van der Waals surface area (Å²) in [6, 6.07) is 8.67. The van der Waals surface area contributed by atoms with E-state index in [1.165, 1.54) is 13.5 Å². The van der Waals surface area contributed by atoms with Gasteiger partial charge in [-0.05, 0) is 24.3 Å². The Hall–Kier alpha value is -3.35. The molecule has 0 unspecified atom stereocenters. The number of benzene rings is 2. The molecule has 7 nitrogen and oxygen atoms in total. The van der Waals surface area contributed by atoms with E-state index in [1.54, 1.807) is 44.6 Å². The first-order valence-electron chi connectivity index (χ1n) is 7.41. The highest BCUT2D eigenvalue weighted by molar-refractivity contribution is 5.85. The van der Waals surface area contributed by atoms with Gasteiger partial charge in [-0.3, -0.25) is 0 Å². The second-order valence-corrected chi connectivity index (χ2v) is 5.21. The Kier molecular flexibility index (Phi) is 4.38. The highest BCUT2D eigenvalue weighted by atomic mass is 16.5. The van der Waals surface area contributed by atoms with E-state index < -0.39 is 0 Å². The number of nitrogens with two attached hydrogens (primary N) is 1. The number of ether oxygens (including phenoxy) is 3. The second-order valence-electron chi connectivity index (χ2n) is 5.21. The lowest BCUT2D eigenvalue weighted by Crippen LogP contribution is -1.94. The molecule has 0 amide bonds. The number of phenols is 1. The number of methoxy groups -OCH3 is 3. The molecule has 2 aromatic carbocycles. The van der Waals surface area contributed by atoms with Crippen molar-refractivity contribution in [3.05, 3.63) is 36.7 Å². The van der Waals surface area contributed by atoms with Gasteiger partial charge in [-0.1, -0.05) is 0 Å². The molecule has 1 heterocycles. The Labute approximate surface area is 144 Å². The van der Waals surface area contributed by atoms with Crippen molar-refractivity contribution >= 4 is 5.69 Å². The molecule has 3 aromatic rings. The zero-order valence-electron chi connectivity index (χ0n) is 14.1. The first kappa shape index (κ1) is 16.5. The minimum atomic E-state index is -0.132. The molecule has 0 aliphatic heterocycles. The van der Waals surface area contributed by atoms with Crippen molar-refractivity contribution in [1.82, 2.24) is 4.98 Å². The Balaban J connectivity index is 2.15. The largest absolute Gasteiger partial charge is 0.505 e. The van der Waals surface area contributed by atoms with Crippen LogP contribution in [0.1, 0.15) is 0 Å². The highest BCUT2D eigenvalue weighted by Crippen LogP contribution is 2.43. The molecule has 0 bridgehead atoms. The summed E-state index contributed by atoms with van der Waals surface area (Å²) < 4.78 is 21.2. The zero-order chi connectivity index (χ0) is 18.0. The standard InChI is InChI=1S/C18H18N2O5/c1-22-11-6-10(7-12(8-11)23-2)16-18(25-9-20-16)13-4-5-14(24-3)15(19)17(13)21/h4-9,21H,19H2,1-3H3. The maximum Gasteiger partial charge on any atom is 0.182 e. The van der Waals surface area contributed by atoms with Gasteiger partial charge in [-0.25, -0.2) is 4.98 Å². The van der Waals surface area contributed by atoms with Gasteiger partial charge in [0.25, 0.3) is 0 Å². The van der Waals surface area contributed by atoms with E-state index in [0.29, 0.717) is 39.8 Å². The number of hydrogen-bond donors (Lipinski definition) is 2. The van der Waals surface area contributed by atoms with Crippen LogP contribution in [-0.2, 0) is 0 Å². The topological polar surface area (TPSA) is 100.0 Å². The van der Waals surface area contributed by atoms with Crippen molar-refractivity contribution in [2.45, 2.75) is 0 Å². The molecular formula is C18H18N2O5. The Morgan fingerprint density at radius 3 is 2.28 bits per heavy atom. The van der Waals surface area contributed by atoms with Crippen LogP contribution >= 0.6 is 0 Å². The van der Waals surface area contributed by atoms with E-state index in [9.17, 15) is 5.11 Å². The van der Waals surface area contributed by atoms with Gasteiger partial charge in [0.05, 0.1) is 26.9 Å². The third-order valence-electron chi connectivity index (χ3n) is 3.83. The lowest BCUT2D eigenvalue weighted by molar-refractivity contribution is 0.394. The first-order valence-corrected chi connectivity index (χ1v) is 7.41. The van der Waals surface area contributed by atoms with Crippen LogP contribution in [0, 0.1) is 0 Å². The minimum absolute atomic E-state index is 0.130. The maximum atomic E-state index is 10.4. The number of aromatic nitrogens is 1. The summed E-state index contributed by atoms with van der Waals surface area (Å²) in [4.78, 5) is 4.27. The van der Waals surface area contributed by atoms with E-state index >= 15 is 0 Å². The number of phenolic OH excluding ortho intramolecular Hbond substituents is 1. The van der Waals surface area contributed by atoms with Crippen LogP contribution in [0.25, 0.3) is 22.6 Å². The average Bonchev–Trinajstić information content (AvgIpc) is 3.13. The van der Waals surface area contributed by atoms with Gasteiger partial charge in [0, 0.05) is 11.6 Å². The van der Waals surface area contributed by atoms with E-state index in [1.807, 2.05) is 0 Å². The lowest BCUT2D eigenvalue weighted by Gasteiger charge is -2.11. The van der Waals surface area contributed by atoms with Crippen LogP contribution in [0.2, 0.25) is 0 Å². The normalized spacial score (nSPS) is 10.5. The average molecular weight is 342 g/mol. The summed E-state index contributed by atoms with van der Waals surface area (Å²) in [6.07, 6.45) is 1.30. The number of rotatable bonds is 5. The van der Waals surface area contributed by atoms with Crippen LogP contribution in [0.5, 0.6) is 23.0 Å². The molecule has 0 saturated heterocycles. The molecule has 0 fully saturated rings. The molecule has 0 spiro atoms. The summed E-state index contributed by atoms with van der Waals surface area (Å²) in [5.74, 6) is 1.85. The predicted octanol–water partition coefficient (Wildman–Crippen LogP) is 3.32. The third kappa shape index (κ3) is 2.91. The Bertz CT molecular complexity index is 882. The van der Waals surface area contributed by atoms with Crippen LogP contribution in [-0.4, -0.2) is 31.4 Å². The third-order valence-corrected chi connectivity index (χ3v) is 3.83. The van der Waals surface area contributed by atoms with Crippen molar-refractivity contribution in [2.24, 2.45) is 0 Å². The Morgan fingerprint density at radius 1 is 1.00 bits per heavy atom. The van der Waals surface area contributed by atoms with Crippen LogP contribution in [0.4, 0.5) is 5.69 Å². The maximum absolute atomic E-state index is 10.4. The van der Waals surface area contributed by atoms with E-state index in [0.717, 1.165) is 0 Å². The van der Waals surface area contributed by atoms with Gasteiger partial charge in [-0.15, -0.1) is 0 Å². The fraction of sp³-hybridized carbons (Fsp3) is 0.167. The quantitative estimate of drug-likeness (QED) is 0.542. The Morgan fingerprint density at radius 2 is 1.68 bits per heavy atom. The van der Waals surface area contributed by atoms with Crippen LogP contribution < -0.4 is 19.9 Å². The first-order chi connectivity index (χ1) is 12.1. The van der Waals surface area contributed by atoms with Crippen LogP contribution in [0.3, 0.4) is 0 Å². The summed E-state index contributed by atoms with van der Waals surface area (Å²) in [5, 5.41) is 10.4. The second kappa shape index (κ2) is 6.64. The van der Waals surface area contributed by atoms with Gasteiger partial charge < -0.3 is 29.5 Å². The molecule has 0 atom stereocenters. The van der Waals surface area contributed by atoms with Crippen molar-refractivity contribution in [3.63, 3.8) is 0 Å². The number of aromatic hydroxyl groups is 1. The van der Waals surface area contributed by atoms with Gasteiger partial charge in [-0.2, -0.15) is 0 Å². The van der Waals surface area contributed by atoms with Crippen molar-refractivity contribution < 1.29 is 23.7 Å². The molecule has 0 aliphatic rings. The SMILES string of the molecule is COc1cc(OC)cc(-c2ncoc2-c2ccc(OC)c(N)c2O)c1. The van der Waals surface area contributed by atoms with Gasteiger partial charge in [0.15, 0.2) is 17.9 Å². The van der Waals surface area contributed by atoms with Gasteiger partial charge in [0.2, 0.25) is 0 Å². The molecule has 130 valence electrons. The molecule has 3 N–H and O–H groups in total. The number of hydrogen-bond acceptors (Lipinski definition) is 7.